The normalized spacial score (nSPS) is 16.6. The van der Waals surface area contributed by atoms with Gasteiger partial charge in [0.2, 0.25) is 23.1 Å². The predicted octanol–water partition coefficient (Wildman–Crippen LogP) is 6.47. The SMILES string of the molecule is CC[N+](CC)=c1ccc2c(C(C)(C)C)cc(/C=C/C=C/C=C3/N(CCCCCC(=O)NCCN4C(=O)CCC4=O)c4ccc(S(=O)(=O)[O-])cc4C3(C)C)oc-2c1. The summed E-state index contributed by atoms with van der Waals surface area (Å²) < 4.78 is 44.6. The Morgan fingerprint density at radius 3 is 2.30 bits per heavy atom. The number of likely N-dealkylation sites (tertiary alicyclic amines) is 1. The van der Waals surface area contributed by atoms with E-state index in [4.69, 9.17) is 4.42 Å². The number of fused-ring (bicyclic) bond motifs is 2. The van der Waals surface area contributed by atoms with Crippen LogP contribution in [0.3, 0.4) is 0 Å². The Morgan fingerprint density at radius 1 is 0.929 bits per heavy atom. The zero-order valence-corrected chi connectivity index (χ0v) is 34.6. The van der Waals surface area contributed by atoms with Crippen LogP contribution in [0.4, 0.5) is 5.69 Å². The molecule has 1 N–H and O–H groups in total. The van der Waals surface area contributed by atoms with Gasteiger partial charge < -0.3 is 19.2 Å². The van der Waals surface area contributed by atoms with Crippen molar-refractivity contribution in [3.63, 3.8) is 0 Å². The Hall–Kier alpha value is -4.81. The first-order valence-electron chi connectivity index (χ1n) is 19.7. The van der Waals surface area contributed by atoms with Crippen LogP contribution in [0.15, 0.2) is 81.8 Å². The molecule has 3 heterocycles. The number of imide groups is 1. The van der Waals surface area contributed by atoms with Crippen LogP contribution in [-0.4, -0.2) is 68.3 Å². The first kappa shape index (κ1) is 42.3. The number of amides is 3. The predicted molar refractivity (Wildman–Crippen MR) is 219 cm³/mol. The number of rotatable bonds is 15. The molecule has 3 aliphatic heterocycles. The van der Waals surface area contributed by atoms with Gasteiger partial charge in [0.15, 0.2) is 0 Å². The highest BCUT2D eigenvalue weighted by molar-refractivity contribution is 7.85. The summed E-state index contributed by atoms with van der Waals surface area (Å²) >= 11 is 0. The van der Waals surface area contributed by atoms with Gasteiger partial charge in [-0.25, -0.2) is 13.0 Å². The number of carbonyl (C=O) groups excluding carboxylic acids is 3. The molecule has 1 aromatic rings. The van der Waals surface area contributed by atoms with Crippen LogP contribution in [0.5, 0.6) is 0 Å². The van der Waals surface area contributed by atoms with Crippen LogP contribution in [0.25, 0.3) is 17.4 Å². The van der Waals surface area contributed by atoms with E-state index in [9.17, 15) is 27.4 Å². The Balaban J connectivity index is 1.31. The van der Waals surface area contributed by atoms with Crippen molar-refractivity contribution in [2.45, 2.75) is 103 Å². The van der Waals surface area contributed by atoms with Crippen LogP contribution in [0, 0.1) is 0 Å². The third-order valence-electron chi connectivity index (χ3n) is 10.7. The zero-order valence-electron chi connectivity index (χ0n) is 33.8. The standard InChI is InChI=1S/C44H56N4O7S/c1-8-46(9-2)31-19-21-34-35(43(3,4)5)29-32(55-38(34)28-31)16-12-10-13-17-39-44(6,7)36-30-33(56(52,53)54)20-22-37(36)47(39)26-15-11-14-18-40(49)45-25-27-48-41(50)23-24-42(48)51/h10,12-13,16-17,19-22,28-30H,8-9,11,14-15,18,23-27H2,1-7H3,(H-,45,49,52,53,54). The molecule has 0 aromatic heterocycles. The molecule has 11 nitrogen and oxygen atoms in total. The van der Waals surface area contributed by atoms with E-state index >= 15 is 0 Å². The third kappa shape index (κ3) is 9.76. The minimum atomic E-state index is -4.64. The maximum atomic E-state index is 12.4. The molecular weight excluding hydrogens is 729 g/mol. The van der Waals surface area contributed by atoms with Crippen molar-refractivity contribution in [3.8, 4) is 11.3 Å². The minimum absolute atomic E-state index is 0.0999. The van der Waals surface area contributed by atoms with Gasteiger partial charge in [-0.15, -0.1) is 0 Å². The Labute approximate surface area is 331 Å². The Kier molecular flexibility index (Phi) is 13.3. The van der Waals surface area contributed by atoms with E-state index in [1.54, 1.807) is 6.07 Å². The van der Waals surface area contributed by atoms with Crippen LogP contribution in [-0.2, 0) is 35.3 Å². The van der Waals surface area contributed by atoms with Gasteiger partial charge in [-0.05, 0) is 85.7 Å². The summed E-state index contributed by atoms with van der Waals surface area (Å²) in [5, 5.41) is 3.92. The summed E-state index contributed by atoms with van der Waals surface area (Å²) in [5.41, 5.74) is 4.15. The monoisotopic (exact) mass is 784 g/mol. The van der Waals surface area contributed by atoms with E-state index in [1.807, 2.05) is 44.2 Å². The molecule has 4 aliphatic rings. The molecule has 1 fully saturated rings. The topological polar surface area (TPSA) is 143 Å². The van der Waals surface area contributed by atoms with Gasteiger partial charge in [-0.3, -0.25) is 19.3 Å². The van der Waals surface area contributed by atoms with Gasteiger partial charge in [0.1, 0.15) is 34.7 Å². The van der Waals surface area contributed by atoms with Crippen LogP contribution in [0.1, 0.15) is 104 Å². The van der Waals surface area contributed by atoms with Crippen LogP contribution in [0.2, 0.25) is 0 Å². The zero-order chi connectivity index (χ0) is 40.8. The number of hydrogen-bond acceptors (Lipinski definition) is 8. The van der Waals surface area contributed by atoms with Crippen molar-refractivity contribution in [2.24, 2.45) is 0 Å². The third-order valence-corrected chi connectivity index (χ3v) is 11.5. The molecule has 1 aliphatic carbocycles. The highest BCUT2D eigenvalue weighted by atomic mass is 32.2. The van der Waals surface area contributed by atoms with Crippen LogP contribution < -0.4 is 20.1 Å². The van der Waals surface area contributed by atoms with Crippen molar-refractivity contribution in [2.75, 3.05) is 37.6 Å². The summed E-state index contributed by atoms with van der Waals surface area (Å²) in [7, 11) is -4.64. The molecule has 0 radical (unpaired) electrons. The van der Waals surface area contributed by atoms with E-state index in [2.05, 4.69) is 73.7 Å². The number of benzene rings is 2. The van der Waals surface area contributed by atoms with Gasteiger partial charge >= 0.3 is 0 Å². The van der Waals surface area contributed by atoms with Crippen molar-refractivity contribution in [1.82, 2.24) is 14.8 Å². The van der Waals surface area contributed by atoms with Gasteiger partial charge in [-0.2, -0.15) is 0 Å². The molecule has 0 bridgehead atoms. The number of hydrogen-bond donors (Lipinski definition) is 1. The van der Waals surface area contributed by atoms with E-state index in [0.29, 0.717) is 19.4 Å². The average molecular weight is 785 g/mol. The Bertz CT molecular complexity index is 2180. The highest BCUT2D eigenvalue weighted by Gasteiger charge is 2.40. The second-order valence-corrected chi connectivity index (χ2v) is 17.4. The maximum absolute atomic E-state index is 12.4. The number of unbranched alkanes of at least 4 members (excludes halogenated alkanes) is 2. The van der Waals surface area contributed by atoms with E-state index in [1.165, 1.54) is 22.6 Å². The second-order valence-electron chi connectivity index (χ2n) is 16.0. The molecule has 12 heteroatoms. The minimum Gasteiger partial charge on any atom is -0.744 e. The molecule has 0 spiro atoms. The van der Waals surface area contributed by atoms with Gasteiger partial charge in [0, 0.05) is 67.3 Å². The molecule has 0 atom stereocenters. The fourth-order valence-corrected chi connectivity index (χ4v) is 8.09. The van der Waals surface area contributed by atoms with E-state index in [-0.39, 0.29) is 54.0 Å². The van der Waals surface area contributed by atoms with Crippen molar-refractivity contribution in [3.05, 3.63) is 94.7 Å². The molecular formula is C44H56N4O7S. The van der Waals surface area contributed by atoms with Crippen molar-refractivity contribution >= 4 is 39.6 Å². The van der Waals surface area contributed by atoms with Crippen molar-refractivity contribution in [1.29, 1.82) is 0 Å². The first-order chi connectivity index (χ1) is 26.4. The summed E-state index contributed by atoms with van der Waals surface area (Å²) in [6.45, 7) is 17.8. The smallest absolute Gasteiger partial charge is 0.229 e. The van der Waals surface area contributed by atoms with Gasteiger partial charge in [0.25, 0.3) is 0 Å². The second kappa shape index (κ2) is 17.5. The lowest BCUT2D eigenvalue weighted by Gasteiger charge is -2.27. The van der Waals surface area contributed by atoms with E-state index in [0.717, 1.165) is 65.3 Å². The number of anilines is 1. The van der Waals surface area contributed by atoms with Crippen LogP contribution >= 0.6 is 0 Å². The van der Waals surface area contributed by atoms with Gasteiger partial charge in [-0.1, -0.05) is 59.3 Å². The molecule has 0 unspecified atom stereocenters. The Morgan fingerprint density at radius 2 is 1.64 bits per heavy atom. The fourth-order valence-electron chi connectivity index (χ4n) is 7.59. The summed E-state index contributed by atoms with van der Waals surface area (Å²) in [4.78, 5) is 39.1. The fraction of sp³-hybridized carbons (Fsp3) is 0.455. The molecule has 0 saturated carbocycles. The molecule has 56 heavy (non-hydrogen) atoms. The van der Waals surface area contributed by atoms with Gasteiger partial charge in [0.05, 0.1) is 11.0 Å². The summed E-state index contributed by atoms with van der Waals surface area (Å²) in [5.74, 6) is 1.05. The number of carbonyl (C=O) groups is 3. The molecule has 1 aromatic carbocycles. The lowest BCUT2D eigenvalue weighted by atomic mass is 9.83. The lowest BCUT2D eigenvalue weighted by molar-refractivity contribution is -0.138. The quantitative estimate of drug-likeness (QED) is 0.0608. The number of nitrogens with one attached hydrogen (secondary N) is 1. The molecule has 300 valence electrons. The number of allylic oxidation sites excluding steroid dienone is 5. The highest BCUT2D eigenvalue weighted by Crippen LogP contribution is 2.48. The maximum Gasteiger partial charge on any atom is 0.229 e. The van der Waals surface area contributed by atoms with E-state index < -0.39 is 15.5 Å². The molecule has 5 rings (SSSR count). The van der Waals surface area contributed by atoms with Crippen molar-refractivity contribution < 1.29 is 31.8 Å². The summed E-state index contributed by atoms with van der Waals surface area (Å²) in [6.07, 6.45) is 12.8. The summed E-state index contributed by atoms with van der Waals surface area (Å²) in [6, 6.07) is 13.1. The number of nitrogens with zero attached hydrogens (tertiary/aromatic N) is 3. The molecule has 3 amide bonds. The average Bonchev–Trinajstić information content (AvgIpc) is 3.57. The first-order valence-corrected chi connectivity index (χ1v) is 21.1. The molecule has 1 saturated heterocycles. The lowest BCUT2D eigenvalue weighted by Crippen LogP contribution is -2.37. The largest absolute Gasteiger partial charge is 0.744 e.